The molecule has 96 valence electrons. The highest BCUT2D eigenvalue weighted by molar-refractivity contribution is 5.34. The van der Waals surface area contributed by atoms with Crippen molar-refractivity contribution in [1.82, 2.24) is 15.0 Å². The van der Waals surface area contributed by atoms with Gasteiger partial charge in [-0.3, -0.25) is 0 Å². The smallest absolute Gasteiger partial charge is 0.184 e. The molecule has 0 saturated carbocycles. The molecule has 2 rings (SSSR count). The Bertz CT molecular complexity index is 571. The standard InChI is InChI=1S/C11H10F3N3O/c1-2-10(18)8-5-17(16-15-8)9-4-6(12)3-7(13)11(9)14/h3-5,10,18H,2H2,1H3. The third-order valence-corrected chi connectivity index (χ3v) is 2.46. The maximum atomic E-state index is 13.5. The van der Waals surface area contributed by atoms with Gasteiger partial charge in [0, 0.05) is 12.1 Å². The lowest BCUT2D eigenvalue weighted by atomic mass is 10.2. The van der Waals surface area contributed by atoms with Gasteiger partial charge >= 0.3 is 0 Å². The van der Waals surface area contributed by atoms with Crippen molar-refractivity contribution in [3.63, 3.8) is 0 Å². The van der Waals surface area contributed by atoms with Crippen LogP contribution < -0.4 is 0 Å². The highest BCUT2D eigenvalue weighted by Gasteiger charge is 2.16. The minimum Gasteiger partial charge on any atom is -0.387 e. The van der Waals surface area contributed by atoms with E-state index in [1.54, 1.807) is 6.92 Å². The second-order valence-electron chi connectivity index (χ2n) is 3.73. The van der Waals surface area contributed by atoms with E-state index in [1.165, 1.54) is 6.20 Å². The topological polar surface area (TPSA) is 50.9 Å². The third kappa shape index (κ3) is 2.21. The molecule has 0 aliphatic rings. The van der Waals surface area contributed by atoms with Crippen molar-refractivity contribution in [1.29, 1.82) is 0 Å². The van der Waals surface area contributed by atoms with Gasteiger partial charge in [0.25, 0.3) is 0 Å². The molecule has 0 saturated heterocycles. The molecule has 0 aliphatic heterocycles. The molecule has 1 aromatic carbocycles. The lowest BCUT2D eigenvalue weighted by Gasteiger charge is -2.03. The summed E-state index contributed by atoms with van der Waals surface area (Å²) in [5.41, 5.74) is -0.184. The van der Waals surface area contributed by atoms with E-state index in [2.05, 4.69) is 10.3 Å². The second kappa shape index (κ2) is 4.77. The molecule has 0 amide bonds. The van der Waals surface area contributed by atoms with Crippen LogP contribution in [0.3, 0.4) is 0 Å². The molecule has 0 aliphatic carbocycles. The minimum atomic E-state index is -1.31. The molecule has 4 nitrogen and oxygen atoms in total. The van der Waals surface area contributed by atoms with Crippen molar-refractivity contribution in [2.24, 2.45) is 0 Å². The van der Waals surface area contributed by atoms with E-state index in [0.717, 1.165) is 10.7 Å². The number of aromatic nitrogens is 3. The van der Waals surface area contributed by atoms with E-state index in [1.807, 2.05) is 0 Å². The zero-order valence-electron chi connectivity index (χ0n) is 9.44. The number of aliphatic hydroxyl groups is 1. The highest BCUT2D eigenvalue weighted by Crippen LogP contribution is 2.19. The molecule has 18 heavy (non-hydrogen) atoms. The Kier molecular flexibility index (Phi) is 3.33. The van der Waals surface area contributed by atoms with E-state index < -0.39 is 29.2 Å². The van der Waals surface area contributed by atoms with Gasteiger partial charge in [0.1, 0.15) is 17.2 Å². The van der Waals surface area contributed by atoms with Crippen LogP contribution in [-0.4, -0.2) is 20.1 Å². The average Bonchev–Trinajstić information content (AvgIpc) is 2.82. The quantitative estimate of drug-likeness (QED) is 0.857. The van der Waals surface area contributed by atoms with Crippen LogP contribution in [0.1, 0.15) is 25.1 Å². The molecule has 7 heteroatoms. The molecular formula is C11H10F3N3O. The summed E-state index contributed by atoms with van der Waals surface area (Å²) in [5, 5.41) is 16.7. The Morgan fingerprint density at radius 2 is 2.06 bits per heavy atom. The Hall–Kier alpha value is -1.89. The van der Waals surface area contributed by atoms with E-state index in [-0.39, 0.29) is 5.69 Å². The molecular weight excluding hydrogens is 247 g/mol. The summed E-state index contributed by atoms with van der Waals surface area (Å²) in [4.78, 5) is 0. The number of nitrogens with zero attached hydrogens (tertiary/aromatic N) is 3. The summed E-state index contributed by atoms with van der Waals surface area (Å²) in [6.07, 6.45) is 0.782. The fourth-order valence-corrected chi connectivity index (χ4v) is 1.47. The summed E-state index contributed by atoms with van der Waals surface area (Å²) in [6, 6.07) is 1.24. The van der Waals surface area contributed by atoms with Gasteiger partial charge in [0.15, 0.2) is 11.6 Å². The predicted molar refractivity (Wildman–Crippen MR) is 56.5 cm³/mol. The van der Waals surface area contributed by atoms with Gasteiger partial charge in [-0.2, -0.15) is 0 Å². The van der Waals surface area contributed by atoms with Crippen molar-refractivity contribution >= 4 is 0 Å². The second-order valence-corrected chi connectivity index (χ2v) is 3.73. The zero-order chi connectivity index (χ0) is 13.3. The van der Waals surface area contributed by atoms with Crippen LogP contribution in [0.15, 0.2) is 18.3 Å². The lowest BCUT2D eigenvalue weighted by Crippen LogP contribution is -2.02. The van der Waals surface area contributed by atoms with Gasteiger partial charge in [-0.15, -0.1) is 5.10 Å². The highest BCUT2D eigenvalue weighted by atomic mass is 19.2. The SMILES string of the molecule is CCC(O)c1cn(-c2cc(F)cc(F)c2F)nn1. The van der Waals surface area contributed by atoms with Crippen molar-refractivity contribution in [3.8, 4) is 5.69 Å². The van der Waals surface area contributed by atoms with Crippen LogP contribution in [0.25, 0.3) is 5.69 Å². The van der Waals surface area contributed by atoms with Crippen LogP contribution in [0.2, 0.25) is 0 Å². The fourth-order valence-electron chi connectivity index (χ4n) is 1.47. The summed E-state index contributed by atoms with van der Waals surface area (Å²) < 4.78 is 40.4. The van der Waals surface area contributed by atoms with Crippen molar-refractivity contribution in [2.75, 3.05) is 0 Å². The van der Waals surface area contributed by atoms with Gasteiger partial charge in [0.2, 0.25) is 0 Å². The fraction of sp³-hybridized carbons (Fsp3) is 0.273. The van der Waals surface area contributed by atoms with Crippen molar-refractivity contribution in [3.05, 3.63) is 41.5 Å². The Morgan fingerprint density at radius 3 is 2.72 bits per heavy atom. The van der Waals surface area contributed by atoms with Gasteiger partial charge in [0.05, 0.1) is 12.3 Å². The largest absolute Gasteiger partial charge is 0.387 e. The van der Waals surface area contributed by atoms with Crippen LogP contribution in [0.5, 0.6) is 0 Å². The molecule has 0 spiro atoms. The number of rotatable bonds is 3. The molecule has 0 bridgehead atoms. The maximum absolute atomic E-state index is 13.5. The Morgan fingerprint density at radius 1 is 1.33 bits per heavy atom. The summed E-state index contributed by atoms with van der Waals surface area (Å²) >= 11 is 0. The number of aliphatic hydroxyl groups excluding tert-OH is 1. The van der Waals surface area contributed by atoms with Gasteiger partial charge in [-0.05, 0) is 6.42 Å². The zero-order valence-corrected chi connectivity index (χ0v) is 9.44. The number of hydrogen-bond donors (Lipinski definition) is 1. The molecule has 1 unspecified atom stereocenters. The van der Waals surface area contributed by atoms with Crippen LogP contribution in [0.4, 0.5) is 13.2 Å². The van der Waals surface area contributed by atoms with E-state index in [9.17, 15) is 18.3 Å². The normalized spacial score (nSPS) is 12.7. The average molecular weight is 257 g/mol. The molecule has 2 aromatic rings. The lowest BCUT2D eigenvalue weighted by molar-refractivity contribution is 0.169. The third-order valence-electron chi connectivity index (χ3n) is 2.46. The maximum Gasteiger partial charge on any atom is 0.184 e. The van der Waals surface area contributed by atoms with Crippen molar-refractivity contribution in [2.45, 2.75) is 19.4 Å². The first-order valence-electron chi connectivity index (χ1n) is 5.28. The van der Waals surface area contributed by atoms with Gasteiger partial charge < -0.3 is 5.11 Å². The predicted octanol–water partition coefficient (Wildman–Crippen LogP) is 2.13. The van der Waals surface area contributed by atoms with E-state index >= 15 is 0 Å². The first kappa shape index (κ1) is 12.6. The molecule has 0 fully saturated rings. The summed E-state index contributed by atoms with van der Waals surface area (Å²) in [5.74, 6) is -3.45. The molecule has 1 aromatic heterocycles. The monoisotopic (exact) mass is 257 g/mol. The van der Waals surface area contributed by atoms with Crippen LogP contribution >= 0.6 is 0 Å². The van der Waals surface area contributed by atoms with Crippen LogP contribution in [0, 0.1) is 17.5 Å². The Labute approximate surface area is 101 Å². The molecule has 1 N–H and O–H groups in total. The van der Waals surface area contributed by atoms with E-state index in [0.29, 0.717) is 12.5 Å². The molecule has 0 radical (unpaired) electrons. The van der Waals surface area contributed by atoms with Crippen LogP contribution in [-0.2, 0) is 0 Å². The summed E-state index contributed by atoms with van der Waals surface area (Å²) in [6.45, 7) is 1.73. The molecule has 1 heterocycles. The summed E-state index contributed by atoms with van der Waals surface area (Å²) in [7, 11) is 0. The number of halogens is 3. The van der Waals surface area contributed by atoms with Gasteiger partial charge in [-0.25, -0.2) is 17.9 Å². The number of hydrogen-bond acceptors (Lipinski definition) is 3. The molecule has 1 atom stereocenters. The Balaban J connectivity index is 2.46. The first-order valence-corrected chi connectivity index (χ1v) is 5.28. The first-order chi connectivity index (χ1) is 8.52. The minimum absolute atomic E-state index is 0.210. The van der Waals surface area contributed by atoms with Crippen molar-refractivity contribution < 1.29 is 18.3 Å². The van der Waals surface area contributed by atoms with Gasteiger partial charge in [-0.1, -0.05) is 12.1 Å². The number of benzene rings is 1. The van der Waals surface area contributed by atoms with E-state index in [4.69, 9.17) is 0 Å².